The van der Waals surface area contributed by atoms with E-state index in [1.807, 2.05) is 6.08 Å². The first-order chi connectivity index (χ1) is 15.7. The van der Waals surface area contributed by atoms with Gasteiger partial charge in [-0.3, -0.25) is 14.4 Å². The van der Waals surface area contributed by atoms with E-state index >= 15 is 0 Å². The van der Waals surface area contributed by atoms with Crippen LogP contribution in [0.25, 0.3) is 11.3 Å². The van der Waals surface area contributed by atoms with Gasteiger partial charge in [0.2, 0.25) is 5.78 Å². The van der Waals surface area contributed by atoms with E-state index in [4.69, 9.17) is 5.73 Å². The number of aliphatic hydroxyl groups excluding tert-OH is 2. The van der Waals surface area contributed by atoms with Crippen LogP contribution in [0.4, 0.5) is 0 Å². The summed E-state index contributed by atoms with van der Waals surface area (Å²) >= 11 is 0. The number of carbonyl (C=O) groups is 3. The minimum atomic E-state index is -2.54. The third kappa shape index (κ3) is 2.89. The van der Waals surface area contributed by atoms with E-state index in [2.05, 4.69) is 5.32 Å². The minimum Gasteiger partial charge on any atom is -0.508 e. The number of aliphatic hydroxyl groups is 3. The van der Waals surface area contributed by atoms with Crippen molar-refractivity contribution in [3.63, 3.8) is 0 Å². The fourth-order valence-corrected chi connectivity index (χ4v) is 5.79. The Bertz CT molecular complexity index is 1230. The first kappa shape index (κ1) is 21.4. The van der Waals surface area contributed by atoms with Gasteiger partial charge in [-0.05, 0) is 54.5 Å². The summed E-state index contributed by atoms with van der Waals surface area (Å²) in [6.45, 7) is 1.49. The SMILES string of the molecule is NC(=O)C1=C(O)[C@@]2(O)C(=O)C3=C(O)c4c(O)ccc(C5=CCNCC5)c4C[C@H]3C[C@H]2CC1=O. The zero-order valence-corrected chi connectivity index (χ0v) is 17.7. The van der Waals surface area contributed by atoms with Gasteiger partial charge in [-0.15, -0.1) is 0 Å². The normalized spacial score (nSPS) is 29.3. The van der Waals surface area contributed by atoms with Gasteiger partial charge in [0.1, 0.15) is 22.8 Å². The van der Waals surface area contributed by atoms with Crippen molar-refractivity contribution in [3.8, 4) is 5.75 Å². The number of rotatable bonds is 2. The molecule has 1 aromatic rings. The summed E-state index contributed by atoms with van der Waals surface area (Å²) in [6, 6.07) is 3.25. The Hall–Kier alpha value is -3.43. The van der Waals surface area contributed by atoms with E-state index in [1.165, 1.54) is 6.07 Å². The van der Waals surface area contributed by atoms with E-state index in [9.17, 15) is 34.8 Å². The molecule has 4 aliphatic rings. The molecule has 1 heterocycles. The highest BCUT2D eigenvalue weighted by atomic mass is 16.3. The van der Waals surface area contributed by atoms with Crippen molar-refractivity contribution in [1.29, 1.82) is 0 Å². The Morgan fingerprint density at radius 2 is 1.91 bits per heavy atom. The molecule has 33 heavy (non-hydrogen) atoms. The molecule has 1 aliphatic heterocycles. The van der Waals surface area contributed by atoms with Gasteiger partial charge in [-0.25, -0.2) is 0 Å². The highest BCUT2D eigenvalue weighted by molar-refractivity contribution is 6.22. The number of carbonyl (C=O) groups excluding carboxylic acids is 3. The van der Waals surface area contributed by atoms with Crippen LogP contribution in [0.1, 0.15) is 36.0 Å². The zero-order chi connectivity index (χ0) is 23.7. The number of phenolic OH excluding ortho intramolecular Hbond substituents is 1. The second kappa shape index (κ2) is 7.29. The van der Waals surface area contributed by atoms with Crippen molar-refractivity contribution in [2.24, 2.45) is 17.6 Å². The maximum absolute atomic E-state index is 13.5. The van der Waals surface area contributed by atoms with Crippen LogP contribution >= 0.6 is 0 Å². The van der Waals surface area contributed by atoms with E-state index in [-0.39, 0.29) is 29.7 Å². The van der Waals surface area contributed by atoms with E-state index < -0.39 is 52.0 Å². The molecule has 1 aromatic carbocycles. The molecule has 1 amide bonds. The predicted octanol–water partition coefficient (Wildman–Crippen LogP) is 0.801. The molecule has 3 atom stereocenters. The largest absolute Gasteiger partial charge is 0.508 e. The monoisotopic (exact) mass is 452 g/mol. The van der Waals surface area contributed by atoms with E-state index in [1.54, 1.807) is 6.07 Å². The van der Waals surface area contributed by atoms with Crippen LogP contribution in [0.2, 0.25) is 0 Å². The third-order valence-electron chi connectivity index (χ3n) is 7.36. The Kier molecular flexibility index (Phi) is 4.73. The van der Waals surface area contributed by atoms with Crippen molar-refractivity contribution >= 4 is 28.8 Å². The van der Waals surface area contributed by atoms with Crippen molar-refractivity contribution in [2.45, 2.75) is 31.3 Å². The van der Waals surface area contributed by atoms with Gasteiger partial charge in [-0.2, -0.15) is 0 Å². The molecule has 1 saturated carbocycles. The summed E-state index contributed by atoms with van der Waals surface area (Å²) in [4.78, 5) is 37.6. The number of Topliss-reactive ketones (excluding diaryl/α,β-unsaturated/α-hetero) is 2. The molecule has 9 nitrogen and oxygen atoms in total. The Balaban J connectivity index is 1.69. The van der Waals surface area contributed by atoms with Crippen molar-refractivity contribution in [2.75, 3.05) is 13.1 Å². The van der Waals surface area contributed by atoms with Gasteiger partial charge in [0.15, 0.2) is 11.4 Å². The molecule has 0 bridgehead atoms. The third-order valence-corrected chi connectivity index (χ3v) is 7.36. The lowest BCUT2D eigenvalue weighted by Crippen LogP contribution is -2.58. The topological polar surface area (TPSA) is 170 Å². The van der Waals surface area contributed by atoms with E-state index in [0.717, 1.165) is 24.1 Å². The Morgan fingerprint density at radius 3 is 2.58 bits per heavy atom. The average molecular weight is 452 g/mol. The van der Waals surface area contributed by atoms with Gasteiger partial charge in [0.05, 0.1) is 5.56 Å². The number of hydrogen-bond acceptors (Lipinski definition) is 8. The standard InChI is InChI=1S/C24H24N2O7/c25-23(32)19-16(28)9-12-7-11-8-14-13(10-3-5-26-6-4-10)1-2-15(27)18(14)20(29)17(11)21(30)24(12,33)22(19)31/h1-3,11-12,26-27,29,31,33H,4-9H2,(H2,25,32)/t11-,12+,24+/m1/s1. The van der Waals surface area contributed by atoms with Gasteiger partial charge in [0.25, 0.3) is 5.91 Å². The average Bonchev–Trinajstić information content (AvgIpc) is 2.76. The van der Waals surface area contributed by atoms with Crippen LogP contribution < -0.4 is 11.1 Å². The Morgan fingerprint density at radius 1 is 1.15 bits per heavy atom. The highest BCUT2D eigenvalue weighted by Crippen LogP contribution is 2.52. The molecule has 0 aromatic heterocycles. The summed E-state index contributed by atoms with van der Waals surface area (Å²) in [5.74, 6) is -6.18. The van der Waals surface area contributed by atoms with Crippen LogP contribution in [0.15, 0.2) is 35.1 Å². The summed E-state index contributed by atoms with van der Waals surface area (Å²) in [5.41, 5.74) is 4.51. The Labute approximate surface area is 188 Å². The lowest BCUT2D eigenvalue weighted by Gasteiger charge is -2.46. The van der Waals surface area contributed by atoms with Gasteiger partial charge in [0, 0.05) is 24.5 Å². The molecule has 0 unspecified atom stereocenters. The number of fused-ring (bicyclic) bond motifs is 3. The molecule has 0 radical (unpaired) electrons. The van der Waals surface area contributed by atoms with Crippen LogP contribution in [0, 0.1) is 11.8 Å². The summed E-state index contributed by atoms with van der Waals surface area (Å²) in [7, 11) is 0. The number of primary amides is 1. The summed E-state index contributed by atoms with van der Waals surface area (Å²) in [6.07, 6.45) is 2.92. The lowest BCUT2D eigenvalue weighted by atomic mass is 9.59. The molecule has 3 aliphatic carbocycles. The number of nitrogens with two attached hydrogens (primary N) is 1. The van der Waals surface area contributed by atoms with Gasteiger partial charge < -0.3 is 31.5 Å². The zero-order valence-electron chi connectivity index (χ0n) is 17.7. The first-order valence-corrected chi connectivity index (χ1v) is 10.9. The number of amides is 1. The smallest absolute Gasteiger partial charge is 0.255 e. The fourth-order valence-electron chi connectivity index (χ4n) is 5.79. The maximum Gasteiger partial charge on any atom is 0.255 e. The minimum absolute atomic E-state index is 0.124. The number of ketones is 2. The first-order valence-electron chi connectivity index (χ1n) is 10.9. The second-order valence-electron chi connectivity index (χ2n) is 9.08. The molecule has 1 fully saturated rings. The molecular formula is C24H24N2O7. The number of benzene rings is 1. The van der Waals surface area contributed by atoms with E-state index in [0.29, 0.717) is 18.5 Å². The van der Waals surface area contributed by atoms with Crippen LogP contribution in [-0.2, 0) is 20.8 Å². The fraction of sp³-hybridized carbons (Fsp3) is 0.375. The quantitative estimate of drug-likeness (QED) is 0.358. The number of hydrogen-bond donors (Lipinski definition) is 6. The van der Waals surface area contributed by atoms with Crippen LogP contribution in [-0.4, -0.2) is 56.6 Å². The highest BCUT2D eigenvalue weighted by Gasteiger charge is 2.60. The van der Waals surface area contributed by atoms with Crippen molar-refractivity contribution in [3.05, 3.63) is 51.8 Å². The summed E-state index contributed by atoms with van der Waals surface area (Å²) < 4.78 is 0. The van der Waals surface area contributed by atoms with Gasteiger partial charge >= 0.3 is 0 Å². The number of nitrogens with one attached hydrogen (secondary N) is 1. The van der Waals surface area contributed by atoms with Crippen molar-refractivity contribution < 1.29 is 34.8 Å². The molecule has 0 spiro atoms. The van der Waals surface area contributed by atoms with Crippen LogP contribution in [0.5, 0.6) is 5.75 Å². The number of phenols is 1. The number of aromatic hydroxyl groups is 1. The summed E-state index contributed by atoms with van der Waals surface area (Å²) in [5, 5.41) is 46.8. The molecule has 7 N–H and O–H groups in total. The maximum atomic E-state index is 13.5. The molecular weight excluding hydrogens is 428 g/mol. The van der Waals surface area contributed by atoms with Crippen molar-refractivity contribution in [1.82, 2.24) is 5.32 Å². The molecule has 172 valence electrons. The predicted molar refractivity (Wildman–Crippen MR) is 117 cm³/mol. The lowest BCUT2D eigenvalue weighted by molar-refractivity contribution is -0.147. The molecule has 9 heteroatoms. The molecule has 5 rings (SSSR count). The van der Waals surface area contributed by atoms with Crippen LogP contribution in [0.3, 0.4) is 0 Å². The van der Waals surface area contributed by atoms with Gasteiger partial charge in [-0.1, -0.05) is 12.1 Å². The second-order valence-corrected chi connectivity index (χ2v) is 9.08. The molecule has 0 saturated heterocycles.